The molecule has 0 aliphatic heterocycles. The van der Waals surface area contributed by atoms with Crippen LogP contribution in [0.1, 0.15) is 24.2 Å². The zero-order chi connectivity index (χ0) is 20.1. The van der Waals surface area contributed by atoms with Crippen LogP contribution in [0, 0.1) is 0 Å². The quantitative estimate of drug-likeness (QED) is 0.470. The number of methoxy groups -OCH3 is 1. The summed E-state index contributed by atoms with van der Waals surface area (Å²) in [7, 11) is 1.64. The minimum atomic E-state index is -0.0577. The van der Waals surface area contributed by atoms with Gasteiger partial charge in [0.15, 0.2) is 5.13 Å². The maximum atomic E-state index is 13.4. The van der Waals surface area contributed by atoms with Crippen LogP contribution >= 0.6 is 27.3 Å². The van der Waals surface area contributed by atoms with E-state index >= 15 is 0 Å². The Labute approximate surface area is 178 Å². The van der Waals surface area contributed by atoms with E-state index in [4.69, 9.17) is 9.72 Å². The highest BCUT2D eigenvalue weighted by Gasteiger charge is 2.24. The van der Waals surface area contributed by atoms with Crippen LogP contribution in [0.25, 0.3) is 10.2 Å². The smallest absolute Gasteiger partial charge is 0.261 e. The normalized spacial score (nSPS) is 11.2. The first-order valence-corrected chi connectivity index (χ1v) is 10.9. The third-order valence-electron chi connectivity index (χ3n) is 4.71. The first-order valence-electron chi connectivity index (χ1n) is 9.31. The van der Waals surface area contributed by atoms with E-state index in [0.29, 0.717) is 17.2 Å². The Kier molecular flexibility index (Phi) is 7.04. The number of carbonyl (C=O) groups is 1. The first kappa shape index (κ1) is 20.8. The molecule has 3 rings (SSSR count). The third kappa shape index (κ3) is 4.37. The van der Waals surface area contributed by atoms with Gasteiger partial charge in [-0.2, -0.15) is 0 Å². The van der Waals surface area contributed by atoms with Crippen molar-refractivity contribution in [3.05, 3.63) is 52.5 Å². The molecule has 7 heteroatoms. The summed E-state index contributed by atoms with van der Waals surface area (Å²) in [5, 5.41) is 0.687. The Morgan fingerprint density at radius 2 is 1.86 bits per heavy atom. The summed E-state index contributed by atoms with van der Waals surface area (Å²) in [5.74, 6) is 0.662. The lowest BCUT2D eigenvalue weighted by atomic mass is 10.2. The van der Waals surface area contributed by atoms with Gasteiger partial charge in [0.25, 0.3) is 5.91 Å². The van der Waals surface area contributed by atoms with E-state index < -0.39 is 0 Å². The Hall–Kier alpha value is -1.96. The van der Waals surface area contributed by atoms with Crippen molar-refractivity contribution in [2.45, 2.75) is 13.8 Å². The molecule has 2 aromatic carbocycles. The van der Waals surface area contributed by atoms with Gasteiger partial charge in [-0.25, -0.2) is 4.98 Å². The van der Waals surface area contributed by atoms with Crippen LogP contribution in [-0.4, -0.2) is 49.1 Å². The minimum absolute atomic E-state index is 0.0577. The Balaban J connectivity index is 2.00. The van der Waals surface area contributed by atoms with Crippen molar-refractivity contribution in [3.63, 3.8) is 0 Å². The number of thiazole rings is 1. The van der Waals surface area contributed by atoms with E-state index in [2.05, 4.69) is 34.7 Å². The molecule has 3 aromatic rings. The molecule has 0 saturated carbocycles. The number of fused-ring (bicyclic) bond motifs is 1. The largest absolute Gasteiger partial charge is 0.494 e. The van der Waals surface area contributed by atoms with Crippen molar-refractivity contribution in [1.29, 1.82) is 0 Å². The SMILES string of the molecule is CCN(CC)CCN(C(=O)c1ccccc1Br)c1nc2c(OC)cccc2s1. The summed E-state index contributed by atoms with van der Waals surface area (Å²) < 4.78 is 7.23. The van der Waals surface area contributed by atoms with Gasteiger partial charge < -0.3 is 9.64 Å². The minimum Gasteiger partial charge on any atom is -0.494 e. The Bertz CT molecular complexity index is 956. The molecule has 0 unspecified atom stereocenters. The molecule has 1 heterocycles. The molecule has 0 saturated heterocycles. The molecule has 0 N–H and O–H groups in total. The van der Waals surface area contributed by atoms with Gasteiger partial charge >= 0.3 is 0 Å². The van der Waals surface area contributed by atoms with Crippen LogP contribution in [0.5, 0.6) is 5.75 Å². The maximum Gasteiger partial charge on any atom is 0.261 e. The molecule has 0 atom stereocenters. The fraction of sp³-hybridized carbons (Fsp3) is 0.333. The number of aromatic nitrogens is 1. The highest BCUT2D eigenvalue weighted by molar-refractivity contribution is 9.10. The number of ether oxygens (including phenoxy) is 1. The predicted octanol–water partition coefficient (Wildman–Crippen LogP) is 5.06. The molecule has 0 radical (unpaired) electrons. The van der Waals surface area contributed by atoms with Gasteiger partial charge in [0.2, 0.25) is 0 Å². The van der Waals surface area contributed by atoms with Crippen molar-refractivity contribution in [2.75, 3.05) is 38.2 Å². The number of benzene rings is 2. The number of hydrogen-bond acceptors (Lipinski definition) is 5. The average Bonchev–Trinajstić information content (AvgIpc) is 3.15. The van der Waals surface area contributed by atoms with Crippen LogP contribution in [0.15, 0.2) is 46.9 Å². The topological polar surface area (TPSA) is 45.7 Å². The van der Waals surface area contributed by atoms with Crippen LogP contribution in [0.4, 0.5) is 5.13 Å². The first-order chi connectivity index (χ1) is 13.6. The molecule has 5 nitrogen and oxygen atoms in total. The van der Waals surface area contributed by atoms with Crippen molar-refractivity contribution in [1.82, 2.24) is 9.88 Å². The molecular weight excluding hydrogens is 438 g/mol. The second-order valence-corrected chi connectivity index (χ2v) is 8.13. The number of para-hydroxylation sites is 1. The highest BCUT2D eigenvalue weighted by Crippen LogP contribution is 2.35. The summed E-state index contributed by atoms with van der Waals surface area (Å²) in [6.07, 6.45) is 0. The van der Waals surface area contributed by atoms with Gasteiger partial charge in [-0.1, -0.05) is 43.4 Å². The lowest BCUT2D eigenvalue weighted by Gasteiger charge is -2.25. The number of carbonyl (C=O) groups excluding carboxylic acids is 1. The average molecular weight is 462 g/mol. The van der Waals surface area contributed by atoms with Crippen LogP contribution in [-0.2, 0) is 0 Å². The zero-order valence-electron chi connectivity index (χ0n) is 16.3. The lowest BCUT2D eigenvalue weighted by Crippen LogP contribution is -2.39. The summed E-state index contributed by atoms with van der Waals surface area (Å²) in [6.45, 7) is 7.51. The molecule has 1 amide bonds. The van der Waals surface area contributed by atoms with Crippen molar-refractivity contribution in [3.8, 4) is 5.75 Å². The van der Waals surface area contributed by atoms with Gasteiger partial charge in [-0.05, 0) is 53.3 Å². The molecule has 0 fully saturated rings. The van der Waals surface area contributed by atoms with Gasteiger partial charge in [0, 0.05) is 17.6 Å². The summed E-state index contributed by atoms with van der Waals surface area (Å²) >= 11 is 5.02. The van der Waals surface area contributed by atoms with Crippen molar-refractivity contribution in [2.24, 2.45) is 0 Å². The fourth-order valence-electron chi connectivity index (χ4n) is 3.04. The molecule has 0 aliphatic rings. The molecular formula is C21H24BrN3O2S. The van der Waals surface area contributed by atoms with Crippen molar-refractivity contribution < 1.29 is 9.53 Å². The Morgan fingerprint density at radius 3 is 2.54 bits per heavy atom. The van der Waals surface area contributed by atoms with Gasteiger partial charge in [0.1, 0.15) is 11.3 Å². The molecule has 0 aliphatic carbocycles. The number of likely N-dealkylation sites (N-methyl/N-ethyl adjacent to an activating group) is 1. The van der Waals surface area contributed by atoms with Gasteiger partial charge in [-0.15, -0.1) is 0 Å². The van der Waals surface area contributed by atoms with E-state index in [1.165, 1.54) is 11.3 Å². The molecule has 148 valence electrons. The van der Waals surface area contributed by atoms with Gasteiger partial charge in [0.05, 0.1) is 17.4 Å². The number of anilines is 1. The monoisotopic (exact) mass is 461 g/mol. The number of amides is 1. The summed E-state index contributed by atoms with van der Waals surface area (Å²) in [5.41, 5.74) is 1.42. The number of hydrogen-bond donors (Lipinski definition) is 0. The Morgan fingerprint density at radius 1 is 1.11 bits per heavy atom. The molecule has 1 aromatic heterocycles. The van der Waals surface area contributed by atoms with E-state index in [0.717, 1.165) is 40.1 Å². The van der Waals surface area contributed by atoms with Gasteiger partial charge in [-0.3, -0.25) is 9.69 Å². The summed E-state index contributed by atoms with van der Waals surface area (Å²) in [4.78, 5) is 22.2. The maximum absolute atomic E-state index is 13.4. The molecule has 0 bridgehead atoms. The van der Waals surface area contributed by atoms with Crippen LogP contribution in [0.2, 0.25) is 0 Å². The zero-order valence-corrected chi connectivity index (χ0v) is 18.7. The number of halogens is 1. The van der Waals surface area contributed by atoms with Crippen LogP contribution < -0.4 is 9.64 Å². The third-order valence-corrected chi connectivity index (χ3v) is 6.44. The van der Waals surface area contributed by atoms with E-state index in [-0.39, 0.29) is 5.91 Å². The second-order valence-electron chi connectivity index (χ2n) is 6.27. The number of rotatable bonds is 8. The number of nitrogens with zero attached hydrogens (tertiary/aromatic N) is 3. The summed E-state index contributed by atoms with van der Waals surface area (Å²) in [6, 6.07) is 13.3. The van der Waals surface area contributed by atoms with E-state index in [1.54, 1.807) is 12.0 Å². The van der Waals surface area contributed by atoms with Crippen LogP contribution in [0.3, 0.4) is 0 Å². The standard InChI is InChI=1S/C21H24BrN3O2S/c1-4-24(5-2)13-14-25(20(26)15-9-6-7-10-16(15)22)21-23-19-17(27-3)11-8-12-18(19)28-21/h6-12H,4-5,13-14H2,1-3H3. The predicted molar refractivity (Wildman–Crippen MR) is 120 cm³/mol. The van der Waals surface area contributed by atoms with E-state index in [9.17, 15) is 4.79 Å². The molecule has 0 spiro atoms. The fourth-order valence-corrected chi connectivity index (χ4v) is 4.50. The lowest BCUT2D eigenvalue weighted by molar-refractivity contribution is 0.0983. The molecule has 28 heavy (non-hydrogen) atoms. The van der Waals surface area contributed by atoms with E-state index in [1.807, 2.05) is 42.5 Å². The van der Waals surface area contributed by atoms with Crippen molar-refractivity contribution >= 4 is 48.5 Å². The second kappa shape index (κ2) is 9.49. The highest BCUT2D eigenvalue weighted by atomic mass is 79.9.